The van der Waals surface area contributed by atoms with Crippen molar-refractivity contribution in [2.24, 2.45) is 10.7 Å². The highest BCUT2D eigenvalue weighted by atomic mass is 19.1. The zero-order chi connectivity index (χ0) is 12.6. The minimum absolute atomic E-state index is 0.281. The molecule has 1 atom stereocenters. The molecule has 1 heterocycles. The average molecular weight is 235 g/mol. The minimum atomic E-state index is -0.630. The Balaban J connectivity index is 2.26. The highest BCUT2D eigenvalue weighted by Crippen LogP contribution is 2.25. The number of rotatable bonds is 2. The molecule has 0 radical (unpaired) electrons. The normalized spacial score (nSPS) is 24.1. The van der Waals surface area contributed by atoms with Gasteiger partial charge >= 0.3 is 6.03 Å². The monoisotopic (exact) mass is 235 g/mol. The van der Waals surface area contributed by atoms with Gasteiger partial charge in [-0.2, -0.15) is 4.99 Å². The van der Waals surface area contributed by atoms with Crippen molar-refractivity contribution >= 4 is 11.9 Å². The number of carbonyl (C=O) groups excluding carboxylic acids is 1. The van der Waals surface area contributed by atoms with Gasteiger partial charge in [0.15, 0.2) is 0 Å². The fourth-order valence-electron chi connectivity index (χ4n) is 1.89. The van der Waals surface area contributed by atoms with Gasteiger partial charge < -0.3 is 10.6 Å². The van der Waals surface area contributed by atoms with Gasteiger partial charge in [-0.25, -0.2) is 9.18 Å². The van der Waals surface area contributed by atoms with Gasteiger partial charge in [0, 0.05) is 13.5 Å². The molecule has 0 saturated heterocycles. The first-order chi connectivity index (χ1) is 7.93. The SMILES string of the molecule is CN1C(=O)N=C(N)C1(C)Cc1ccc(F)cc1. The van der Waals surface area contributed by atoms with Gasteiger partial charge in [0.2, 0.25) is 0 Å². The maximum atomic E-state index is 12.8. The Bertz CT molecular complexity index is 483. The fraction of sp³-hybridized carbons (Fsp3) is 0.333. The van der Waals surface area contributed by atoms with Crippen LogP contribution in [0.5, 0.6) is 0 Å². The molecule has 1 aromatic carbocycles. The average Bonchev–Trinajstić information content (AvgIpc) is 2.47. The third kappa shape index (κ3) is 1.88. The molecule has 0 saturated carbocycles. The molecule has 0 bridgehead atoms. The minimum Gasteiger partial charge on any atom is -0.385 e. The smallest absolute Gasteiger partial charge is 0.345 e. The second-order valence-corrected chi connectivity index (χ2v) is 4.42. The van der Waals surface area contributed by atoms with Crippen LogP contribution in [0.25, 0.3) is 0 Å². The largest absolute Gasteiger partial charge is 0.385 e. The van der Waals surface area contributed by atoms with Crippen molar-refractivity contribution in [2.45, 2.75) is 18.9 Å². The lowest BCUT2D eigenvalue weighted by Crippen LogP contribution is -2.51. The maximum Gasteiger partial charge on any atom is 0.345 e. The van der Waals surface area contributed by atoms with Gasteiger partial charge in [-0.15, -0.1) is 0 Å². The van der Waals surface area contributed by atoms with Crippen LogP contribution in [0.4, 0.5) is 9.18 Å². The summed E-state index contributed by atoms with van der Waals surface area (Å²) in [6, 6.07) is 5.81. The molecular formula is C12H14FN3O. The Hall–Kier alpha value is -1.91. The van der Waals surface area contributed by atoms with Crippen LogP contribution in [-0.4, -0.2) is 29.4 Å². The third-order valence-electron chi connectivity index (χ3n) is 3.26. The zero-order valence-corrected chi connectivity index (χ0v) is 9.77. The van der Waals surface area contributed by atoms with E-state index in [1.807, 2.05) is 6.92 Å². The Morgan fingerprint density at radius 3 is 2.47 bits per heavy atom. The van der Waals surface area contributed by atoms with Crippen LogP contribution in [0, 0.1) is 5.82 Å². The number of hydrogen-bond donors (Lipinski definition) is 1. The summed E-state index contributed by atoms with van der Waals surface area (Å²) < 4.78 is 12.8. The number of amides is 2. The molecule has 1 aliphatic heterocycles. The standard InChI is InChI=1S/C12H14FN3O/c1-12(10(14)15-11(17)16(12)2)7-8-3-5-9(13)6-4-8/h3-6H,7H2,1-2H3,(H2,14,15,17). The van der Waals surface area contributed by atoms with Crippen molar-refractivity contribution in [3.8, 4) is 0 Å². The van der Waals surface area contributed by atoms with E-state index in [1.54, 1.807) is 19.2 Å². The van der Waals surface area contributed by atoms with Crippen molar-refractivity contribution in [2.75, 3.05) is 7.05 Å². The first kappa shape index (κ1) is 11.6. The van der Waals surface area contributed by atoms with Gasteiger partial charge in [-0.05, 0) is 24.6 Å². The first-order valence-corrected chi connectivity index (χ1v) is 5.30. The van der Waals surface area contributed by atoms with Gasteiger partial charge in [0.25, 0.3) is 0 Å². The van der Waals surface area contributed by atoms with Gasteiger partial charge in [-0.3, -0.25) is 0 Å². The lowest BCUT2D eigenvalue weighted by molar-refractivity contribution is 0.197. The molecule has 1 unspecified atom stereocenters. The summed E-state index contributed by atoms with van der Waals surface area (Å²) in [5, 5.41) is 0. The second kappa shape index (κ2) is 3.84. The summed E-state index contributed by atoms with van der Waals surface area (Å²) in [7, 11) is 1.66. The summed E-state index contributed by atoms with van der Waals surface area (Å²) in [6.45, 7) is 1.85. The highest BCUT2D eigenvalue weighted by Gasteiger charge is 2.42. The molecule has 17 heavy (non-hydrogen) atoms. The maximum absolute atomic E-state index is 12.8. The van der Waals surface area contributed by atoms with Crippen molar-refractivity contribution in [3.05, 3.63) is 35.6 Å². The summed E-state index contributed by atoms with van der Waals surface area (Å²) >= 11 is 0. The summed E-state index contributed by atoms with van der Waals surface area (Å²) in [5.74, 6) is 0.0192. The first-order valence-electron chi connectivity index (χ1n) is 5.30. The molecule has 4 nitrogen and oxygen atoms in total. The number of likely N-dealkylation sites (N-methyl/N-ethyl adjacent to an activating group) is 1. The molecular weight excluding hydrogens is 221 g/mol. The molecule has 0 aliphatic carbocycles. The van der Waals surface area contributed by atoms with Gasteiger partial charge in [-0.1, -0.05) is 12.1 Å². The van der Waals surface area contributed by atoms with E-state index < -0.39 is 5.54 Å². The van der Waals surface area contributed by atoms with Crippen molar-refractivity contribution in [1.82, 2.24) is 4.90 Å². The number of amidine groups is 1. The van der Waals surface area contributed by atoms with E-state index in [4.69, 9.17) is 5.73 Å². The van der Waals surface area contributed by atoms with E-state index in [2.05, 4.69) is 4.99 Å². The molecule has 90 valence electrons. The number of benzene rings is 1. The predicted octanol–water partition coefficient (Wildman–Crippen LogP) is 1.55. The van der Waals surface area contributed by atoms with Crippen molar-refractivity contribution in [3.63, 3.8) is 0 Å². The Kier molecular flexibility index (Phi) is 2.61. The van der Waals surface area contributed by atoms with E-state index in [9.17, 15) is 9.18 Å². The Morgan fingerprint density at radius 2 is 2.00 bits per heavy atom. The summed E-state index contributed by atoms with van der Waals surface area (Å²) in [4.78, 5) is 16.7. The topological polar surface area (TPSA) is 58.7 Å². The molecule has 0 spiro atoms. The molecule has 5 heteroatoms. The van der Waals surface area contributed by atoms with Crippen molar-refractivity contribution < 1.29 is 9.18 Å². The van der Waals surface area contributed by atoms with Crippen LogP contribution < -0.4 is 5.73 Å². The van der Waals surface area contributed by atoms with Gasteiger partial charge in [0.1, 0.15) is 17.2 Å². The number of urea groups is 1. The number of halogens is 1. The van der Waals surface area contributed by atoms with Crippen LogP contribution in [-0.2, 0) is 6.42 Å². The molecule has 0 aromatic heterocycles. The highest BCUT2D eigenvalue weighted by molar-refractivity contribution is 6.05. The van der Waals surface area contributed by atoms with E-state index in [1.165, 1.54) is 17.0 Å². The Morgan fingerprint density at radius 1 is 1.41 bits per heavy atom. The molecule has 2 N–H and O–H groups in total. The summed E-state index contributed by atoms with van der Waals surface area (Å²) in [5.41, 5.74) is 6.07. The lowest BCUT2D eigenvalue weighted by atomic mass is 9.91. The fourth-order valence-corrected chi connectivity index (χ4v) is 1.89. The van der Waals surface area contributed by atoms with Crippen LogP contribution in [0.3, 0.4) is 0 Å². The lowest BCUT2D eigenvalue weighted by Gasteiger charge is -2.31. The van der Waals surface area contributed by atoms with Crippen LogP contribution in [0.2, 0.25) is 0 Å². The van der Waals surface area contributed by atoms with Crippen LogP contribution >= 0.6 is 0 Å². The second-order valence-electron chi connectivity index (χ2n) is 4.42. The van der Waals surface area contributed by atoms with Gasteiger partial charge in [0.05, 0.1) is 0 Å². The van der Waals surface area contributed by atoms with E-state index in [0.29, 0.717) is 12.3 Å². The van der Waals surface area contributed by atoms with E-state index >= 15 is 0 Å². The molecule has 1 aromatic rings. The number of hydrogen-bond acceptors (Lipinski definition) is 2. The molecule has 1 aliphatic rings. The molecule has 0 fully saturated rings. The molecule has 2 amide bonds. The predicted molar refractivity (Wildman–Crippen MR) is 63.3 cm³/mol. The number of nitrogens with zero attached hydrogens (tertiary/aromatic N) is 2. The van der Waals surface area contributed by atoms with E-state index in [0.717, 1.165) is 5.56 Å². The van der Waals surface area contributed by atoms with Crippen LogP contribution in [0.1, 0.15) is 12.5 Å². The third-order valence-corrected chi connectivity index (χ3v) is 3.26. The molecule has 2 rings (SSSR count). The van der Waals surface area contributed by atoms with E-state index in [-0.39, 0.29) is 11.8 Å². The quantitative estimate of drug-likeness (QED) is 0.845. The van der Waals surface area contributed by atoms with Crippen molar-refractivity contribution in [1.29, 1.82) is 0 Å². The number of nitrogens with two attached hydrogens (primary N) is 1. The van der Waals surface area contributed by atoms with Crippen LogP contribution in [0.15, 0.2) is 29.3 Å². The zero-order valence-electron chi connectivity index (χ0n) is 9.77. The summed E-state index contributed by atoms with van der Waals surface area (Å²) in [6.07, 6.45) is 0.519. The number of carbonyl (C=O) groups is 1. The Labute approximate surface area is 98.9 Å². The number of aliphatic imine (C=N–C) groups is 1.